The predicted octanol–water partition coefficient (Wildman–Crippen LogP) is 3.69. The van der Waals surface area contributed by atoms with Gasteiger partial charge in [-0.2, -0.15) is 0 Å². The van der Waals surface area contributed by atoms with Crippen LogP contribution in [0.15, 0.2) is 59.0 Å². The molecule has 1 aliphatic heterocycles. The average Bonchev–Trinajstić information content (AvgIpc) is 3.08. The van der Waals surface area contributed by atoms with Crippen LogP contribution >= 0.6 is 0 Å². The monoisotopic (exact) mass is 514 g/mol. The van der Waals surface area contributed by atoms with Crippen LogP contribution in [0.3, 0.4) is 0 Å². The van der Waals surface area contributed by atoms with Gasteiger partial charge in [-0.1, -0.05) is 45.0 Å². The van der Waals surface area contributed by atoms with Gasteiger partial charge in [-0.25, -0.2) is 12.7 Å². The van der Waals surface area contributed by atoms with E-state index in [1.165, 1.54) is 43.3 Å². The van der Waals surface area contributed by atoms with Gasteiger partial charge in [0.25, 0.3) is 11.7 Å². The molecule has 1 amide bonds. The number of carbonyl (C=O) groups is 2. The van der Waals surface area contributed by atoms with Gasteiger partial charge in [-0.3, -0.25) is 9.59 Å². The Bertz CT molecular complexity index is 1260. The Morgan fingerprint density at radius 3 is 2.11 bits per heavy atom. The normalized spacial score (nSPS) is 18.3. The van der Waals surface area contributed by atoms with E-state index in [1.54, 1.807) is 7.11 Å². The molecule has 0 aromatic heterocycles. The van der Waals surface area contributed by atoms with Crippen molar-refractivity contribution < 1.29 is 27.9 Å². The zero-order chi connectivity index (χ0) is 26.8. The Balaban J connectivity index is 2.11. The van der Waals surface area contributed by atoms with Gasteiger partial charge in [0.15, 0.2) is 0 Å². The quantitative estimate of drug-likeness (QED) is 0.249. The minimum atomic E-state index is -3.66. The highest BCUT2D eigenvalue weighted by molar-refractivity contribution is 7.89. The molecule has 0 bridgehead atoms. The fourth-order valence-electron chi connectivity index (χ4n) is 4.15. The lowest BCUT2D eigenvalue weighted by Crippen LogP contribution is -2.31. The van der Waals surface area contributed by atoms with E-state index in [2.05, 4.69) is 20.8 Å². The van der Waals surface area contributed by atoms with Gasteiger partial charge in [0.05, 0.1) is 16.5 Å². The highest BCUT2D eigenvalue weighted by Crippen LogP contribution is 2.40. The van der Waals surface area contributed by atoms with E-state index < -0.39 is 27.8 Å². The van der Waals surface area contributed by atoms with Crippen LogP contribution in [-0.2, 0) is 29.8 Å². The number of hydrogen-bond acceptors (Lipinski definition) is 6. The number of ketones is 1. The van der Waals surface area contributed by atoms with Gasteiger partial charge in [0.1, 0.15) is 5.76 Å². The van der Waals surface area contributed by atoms with Crippen molar-refractivity contribution in [1.82, 2.24) is 9.21 Å². The van der Waals surface area contributed by atoms with E-state index in [4.69, 9.17) is 4.74 Å². The second-order valence-electron chi connectivity index (χ2n) is 10.0. The number of ether oxygens (including phenoxy) is 1. The molecule has 9 heteroatoms. The van der Waals surface area contributed by atoms with Gasteiger partial charge in [0, 0.05) is 39.9 Å². The number of likely N-dealkylation sites (tertiary alicyclic amines) is 1. The summed E-state index contributed by atoms with van der Waals surface area (Å²) in [4.78, 5) is 27.7. The molecule has 1 aliphatic rings. The topological polar surface area (TPSA) is 104 Å². The van der Waals surface area contributed by atoms with Crippen LogP contribution in [0.25, 0.3) is 5.76 Å². The fourth-order valence-corrected chi connectivity index (χ4v) is 5.05. The molecule has 0 unspecified atom stereocenters. The summed E-state index contributed by atoms with van der Waals surface area (Å²) in [5.41, 5.74) is 1.95. The SMILES string of the molecule is COCCCN1C(=O)C(=O)C(=C(O)c2ccc(S(=O)(=O)N(C)C)cc2)[C@@H]1c1ccc(C(C)(C)C)cc1. The summed E-state index contributed by atoms with van der Waals surface area (Å²) in [6.07, 6.45) is 0.525. The lowest BCUT2D eigenvalue weighted by atomic mass is 9.85. The highest BCUT2D eigenvalue weighted by Gasteiger charge is 2.45. The van der Waals surface area contributed by atoms with Crippen LogP contribution in [-0.4, -0.2) is 68.8 Å². The van der Waals surface area contributed by atoms with E-state index in [1.807, 2.05) is 24.3 Å². The zero-order valence-corrected chi connectivity index (χ0v) is 22.4. The molecule has 1 N–H and O–H groups in total. The Kier molecular flexibility index (Phi) is 8.07. The van der Waals surface area contributed by atoms with Gasteiger partial charge < -0.3 is 14.7 Å². The van der Waals surface area contributed by atoms with E-state index in [-0.39, 0.29) is 33.8 Å². The summed E-state index contributed by atoms with van der Waals surface area (Å²) >= 11 is 0. The van der Waals surface area contributed by atoms with E-state index in [0.717, 1.165) is 9.87 Å². The number of aliphatic hydroxyl groups excluding tert-OH is 1. The molecule has 0 saturated carbocycles. The Morgan fingerprint density at radius 2 is 1.61 bits per heavy atom. The Morgan fingerprint density at radius 1 is 1.03 bits per heavy atom. The molecule has 2 aromatic carbocycles. The van der Waals surface area contributed by atoms with Crippen molar-refractivity contribution in [3.05, 3.63) is 70.8 Å². The molecule has 0 spiro atoms. The average molecular weight is 515 g/mol. The van der Waals surface area contributed by atoms with Gasteiger partial charge in [0.2, 0.25) is 10.0 Å². The molecule has 1 atom stereocenters. The Labute approximate surface area is 213 Å². The third kappa shape index (κ3) is 5.38. The van der Waals surface area contributed by atoms with Crippen LogP contribution < -0.4 is 0 Å². The molecule has 2 aromatic rings. The molecule has 0 radical (unpaired) electrons. The number of aliphatic hydroxyl groups is 1. The first kappa shape index (κ1) is 27.6. The highest BCUT2D eigenvalue weighted by atomic mass is 32.2. The summed E-state index contributed by atoms with van der Waals surface area (Å²) in [6, 6.07) is 12.5. The first-order valence-electron chi connectivity index (χ1n) is 11.7. The molecule has 3 rings (SSSR count). The summed E-state index contributed by atoms with van der Waals surface area (Å²) < 4.78 is 31.0. The molecule has 8 nitrogen and oxygen atoms in total. The Hall–Kier alpha value is -3.01. The second kappa shape index (κ2) is 10.5. The number of methoxy groups -OCH3 is 1. The summed E-state index contributed by atoms with van der Waals surface area (Å²) in [7, 11) is 0.771. The van der Waals surface area contributed by atoms with E-state index in [9.17, 15) is 23.1 Å². The molecule has 1 saturated heterocycles. The lowest BCUT2D eigenvalue weighted by molar-refractivity contribution is -0.140. The summed E-state index contributed by atoms with van der Waals surface area (Å²) in [6.45, 7) is 6.98. The van der Waals surface area contributed by atoms with Crippen molar-refractivity contribution in [2.45, 2.75) is 43.5 Å². The number of sulfonamides is 1. The molecule has 1 heterocycles. The van der Waals surface area contributed by atoms with E-state index in [0.29, 0.717) is 18.6 Å². The van der Waals surface area contributed by atoms with Crippen molar-refractivity contribution in [3.8, 4) is 0 Å². The molecule has 0 aliphatic carbocycles. The molecule has 36 heavy (non-hydrogen) atoms. The van der Waals surface area contributed by atoms with Crippen molar-refractivity contribution in [2.24, 2.45) is 0 Å². The number of benzene rings is 2. The lowest BCUT2D eigenvalue weighted by Gasteiger charge is -2.26. The summed E-state index contributed by atoms with van der Waals surface area (Å²) in [5.74, 6) is -1.81. The van der Waals surface area contributed by atoms with Crippen molar-refractivity contribution in [2.75, 3.05) is 34.4 Å². The maximum atomic E-state index is 13.1. The maximum Gasteiger partial charge on any atom is 0.295 e. The van der Waals surface area contributed by atoms with Crippen molar-refractivity contribution in [3.63, 3.8) is 0 Å². The third-order valence-electron chi connectivity index (χ3n) is 6.29. The van der Waals surface area contributed by atoms with Crippen LogP contribution in [0.4, 0.5) is 0 Å². The molecular weight excluding hydrogens is 480 g/mol. The number of Topliss-reactive ketones (excluding diaryl/α,β-unsaturated/α-hetero) is 1. The second-order valence-corrected chi connectivity index (χ2v) is 12.2. The number of amides is 1. The molecule has 194 valence electrons. The number of nitrogens with zero attached hydrogens (tertiary/aromatic N) is 2. The molecule has 1 fully saturated rings. The number of carbonyl (C=O) groups excluding carboxylic acids is 2. The van der Waals surface area contributed by atoms with Crippen molar-refractivity contribution in [1.29, 1.82) is 0 Å². The standard InChI is InChI=1S/C27H34N2O6S/c1-27(2,3)20-12-8-18(9-13-20)23-22(25(31)26(32)29(23)16-7-17-35-6)24(30)19-10-14-21(15-11-19)36(33,34)28(4)5/h8-15,23,30H,7,16-17H2,1-6H3/t23-/m0/s1. The first-order valence-corrected chi connectivity index (χ1v) is 13.2. The van der Waals surface area contributed by atoms with Crippen molar-refractivity contribution >= 4 is 27.5 Å². The van der Waals surface area contributed by atoms with E-state index >= 15 is 0 Å². The number of rotatable bonds is 8. The number of hydrogen-bond donors (Lipinski definition) is 1. The van der Waals surface area contributed by atoms with Crippen LogP contribution in [0.5, 0.6) is 0 Å². The molecular formula is C27H34N2O6S. The smallest absolute Gasteiger partial charge is 0.295 e. The fraction of sp³-hybridized carbons (Fsp3) is 0.407. The minimum Gasteiger partial charge on any atom is -0.507 e. The zero-order valence-electron chi connectivity index (χ0n) is 21.6. The largest absolute Gasteiger partial charge is 0.507 e. The maximum absolute atomic E-state index is 13.1. The van der Waals surface area contributed by atoms with Gasteiger partial charge in [-0.15, -0.1) is 0 Å². The minimum absolute atomic E-state index is 0.0239. The van der Waals surface area contributed by atoms with Gasteiger partial charge in [-0.05, 0) is 47.2 Å². The van der Waals surface area contributed by atoms with Crippen LogP contribution in [0, 0.1) is 0 Å². The van der Waals surface area contributed by atoms with Crippen LogP contribution in [0.2, 0.25) is 0 Å². The predicted molar refractivity (Wildman–Crippen MR) is 138 cm³/mol. The van der Waals surface area contributed by atoms with Gasteiger partial charge >= 0.3 is 0 Å². The third-order valence-corrected chi connectivity index (χ3v) is 8.12. The summed E-state index contributed by atoms with van der Waals surface area (Å²) in [5, 5.41) is 11.2. The van der Waals surface area contributed by atoms with Crippen LogP contribution in [0.1, 0.15) is 49.9 Å². The first-order chi connectivity index (χ1) is 16.8.